The van der Waals surface area contributed by atoms with Crippen LogP contribution >= 0.6 is 0 Å². The molecule has 1 atom stereocenters. The van der Waals surface area contributed by atoms with Crippen LogP contribution in [0, 0.1) is 0 Å². The van der Waals surface area contributed by atoms with Gasteiger partial charge in [-0.1, -0.05) is 0 Å². The van der Waals surface area contributed by atoms with Gasteiger partial charge in [0.25, 0.3) is 5.91 Å². The Balaban J connectivity index is 1.49. The van der Waals surface area contributed by atoms with Crippen LogP contribution < -0.4 is 11.1 Å². The van der Waals surface area contributed by atoms with Crippen molar-refractivity contribution in [2.75, 3.05) is 17.7 Å². The number of benzene rings is 2. The number of anilines is 2. The smallest absolute Gasteiger partial charge is 0.253 e. The number of carbonyl (C=O) groups excluding carboxylic acids is 1. The van der Waals surface area contributed by atoms with Crippen molar-refractivity contribution < 1.29 is 13.9 Å². The number of aromatic nitrogens is 1. The van der Waals surface area contributed by atoms with Crippen LogP contribution in [0.3, 0.4) is 0 Å². The second-order valence-electron chi connectivity index (χ2n) is 6.17. The molecule has 6 heteroatoms. The van der Waals surface area contributed by atoms with E-state index in [0.29, 0.717) is 23.8 Å². The Hall–Kier alpha value is -2.86. The summed E-state index contributed by atoms with van der Waals surface area (Å²) < 4.78 is 11.3. The molecule has 2 heterocycles. The molecule has 3 aromatic rings. The summed E-state index contributed by atoms with van der Waals surface area (Å²) in [5, 5.41) is 2.89. The fourth-order valence-corrected chi connectivity index (χ4v) is 2.93. The number of nitrogens with zero attached hydrogens (tertiary/aromatic N) is 1. The number of nitrogen functional groups attached to an aromatic ring is 1. The SMILES string of the molecule is Nc1ccc2oc(-c3ccc(NC(=O)C4CCCCO4)cc3)nc2c1. The molecule has 2 aromatic carbocycles. The molecule has 1 fully saturated rings. The van der Waals surface area contributed by atoms with E-state index in [1.807, 2.05) is 24.3 Å². The van der Waals surface area contributed by atoms with E-state index in [0.717, 1.165) is 36.0 Å². The first-order valence-corrected chi connectivity index (χ1v) is 8.38. The predicted octanol–water partition coefficient (Wildman–Crippen LogP) is 3.58. The van der Waals surface area contributed by atoms with E-state index < -0.39 is 0 Å². The maximum absolute atomic E-state index is 12.2. The molecule has 128 valence electrons. The standard InChI is InChI=1S/C19H19N3O3/c20-13-6-9-16-15(11-13)22-19(25-16)12-4-7-14(8-5-12)21-18(23)17-3-1-2-10-24-17/h4-9,11,17H,1-3,10,20H2,(H,21,23). The van der Waals surface area contributed by atoms with Gasteiger partial charge in [-0.05, 0) is 61.7 Å². The lowest BCUT2D eigenvalue weighted by atomic mass is 10.1. The van der Waals surface area contributed by atoms with Crippen molar-refractivity contribution in [2.45, 2.75) is 25.4 Å². The molecule has 1 saturated heterocycles. The number of carbonyl (C=O) groups is 1. The van der Waals surface area contributed by atoms with Gasteiger partial charge in [0.1, 0.15) is 11.6 Å². The van der Waals surface area contributed by atoms with Crippen molar-refractivity contribution in [3.05, 3.63) is 42.5 Å². The van der Waals surface area contributed by atoms with Crippen LogP contribution in [0.15, 0.2) is 46.9 Å². The average Bonchev–Trinajstić information content (AvgIpc) is 3.06. The third-order valence-corrected chi connectivity index (χ3v) is 4.28. The molecule has 0 spiro atoms. The zero-order valence-electron chi connectivity index (χ0n) is 13.7. The molecule has 1 aliphatic rings. The Labute approximate surface area is 145 Å². The Kier molecular flexibility index (Phi) is 4.11. The van der Waals surface area contributed by atoms with Crippen molar-refractivity contribution >= 4 is 28.4 Å². The minimum Gasteiger partial charge on any atom is -0.436 e. The van der Waals surface area contributed by atoms with Gasteiger partial charge in [-0.25, -0.2) is 4.98 Å². The monoisotopic (exact) mass is 337 g/mol. The van der Waals surface area contributed by atoms with Gasteiger partial charge in [0, 0.05) is 23.5 Å². The predicted molar refractivity (Wildman–Crippen MR) is 96.1 cm³/mol. The van der Waals surface area contributed by atoms with E-state index in [9.17, 15) is 4.79 Å². The minimum atomic E-state index is -0.351. The normalized spacial score (nSPS) is 17.5. The molecular formula is C19H19N3O3. The van der Waals surface area contributed by atoms with Crippen LogP contribution in [0.25, 0.3) is 22.6 Å². The van der Waals surface area contributed by atoms with Gasteiger partial charge < -0.3 is 20.2 Å². The molecule has 0 saturated carbocycles. The Morgan fingerprint density at radius 1 is 1.16 bits per heavy atom. The zero-order chi connectivity index (χ0) is 17.2. The van der Waals surface area contributed by atoms with E-state index in [1.54, 1.807) is 18.2 Å². The molecule has 6 nitrogen and oxygen atoms in total. The first-order valence-electron chi connectivity index (χ1n) is 8.38. The fraction of sp³-hybridized carbons (Fsp3) is 0.263. The van der Waals surface area contributed by atoms with Gasteiger partial charge in [-0.3, -0.25) is 4.79 Å². The Bertz CT molecular complexity index is 896. The summed E-state index contributed by atoms with van der Waals surface area (Å²) in [6, 6.07) is 12.8. The lowest BCUT2D eigenvalue weighted by Gasteiger charge is -2.21. The highest BCUT2D eigenvalue weighted by atomic mass is 16.5. The number of rotatable bonds is 3. The number of nitrogens with two attached hydrogens (primary N) is 1. The van der Waals surface area contributed by atoms with Crippen molar-refractivity contribution in [3.8, 4) is 11.5 Å². The molecule has 4 rings (SSSR count). The first-order chi connectivity index (χ1) is 12.2. The highest BCUT2D eigenvalue weighted by Gasteiger charge is 2.21. The molecular weight excluding hydrogens is 318 g/mol. The van der Waals surface area contributed by atoms with Crippen LogP contribution in [0.5, 0.6) is 0 Å². The molecule has 1 unspecified atom stereocenters. The lowest BCUT2D eigenvalue weighted by Crippen LogP contribution is -2.33. The number of hydrogen-bond acceptors (Lipinski definition) is 5. The topological polar surface area (TPSA) is 90.4 Å². The lowest BCUT2D eigenvalue weighted by molar-refractivity contribution is -0.129. The van der Waals surface area contributed by atoms with Gasteiger partial charge in [0.15, 0.2) is 5.58 Å². The molecule has 1 amide bonds. The van der Waals surface area contributed by atoms with Gasteiger partial charge in [0.05, 0.1) is 0 Å². The molecule has 1 aliphatic heterocycles. The van der Waals surface area contributed by atoms with Gasteiger partial charge in [-0.15, -0.1) is 0 Å². The van der Waals surface area contributed by atoms with E-state index in [-0.39, 0.29) is 12.0 Å². The molecule has 0 aliphatic carbocycles. The van der Waals surface area contributed by atoms with Crippen molar-refractivity contribution in [2.24, 2.45) is 0 Å². The maximum Gasteiger partial charge on any atom is 0.253 e. The summed E-state index contributed by atoms with van der Waals surface area (Å²) in [6.45, 7) is 0.652. The number of nitrogens with one attached hydrogen (secondary N) is 1. The van der Waals surface area contributed by atoms with Gasteiger partial charge >= 0.3 is 0 Å². The van der Waals surface area contributed by atoms with Crippen LogP contribution in [-0.4, -0.2) is 23.6 Å². The summed E-state index contributed by atoms with van der Waals surface area (Å²) >= 11 is 0. The fourth-order valence-electron chi connectivity index (χ4n) is 2.93. The highest BCUT2D eigenvalue weighted by Crippen LogP contribution is 2.26. The molecule has 0 radical (unpaired) electrons. The quantitative estimate of drug-likeness (QED) is 0.713. The largest absolute Gasteiger partial charge is 0.436 e. The molecule has 0 bridgehead atoms. The summed E-state index contributed by atoms with van der Waals surface area (Å²) in [6.07, 6.45) is 2.47. The molecule has 1 aromatic heterocycles. The summed E-state index contributed by atoms with van der Waals surface area (Å²) in [4.78, 5) is 16.6. The van der Waals surface area contributed by atoms with Gasteiger partial charge in [0.2, 0.25) is 5.89 Å². The summed E-state index contributed by atoms with van der Waals surface area (Å²) in [5.41, 5.74) is 9.39. The molecule has 3 N–H and O–H groups in total. The van der Waals surface area contributed by atoms with Crippen LogP contribution in [0.1, 0.15) is 19.3 Å². The van der Waals surface area contributed by atoms with E-state index >= 15 is 0 Å². The number of amides is 1. The zero-order valence-corrected chi connectivity index (χ0v) is 13.7. The minimum absolute atomic E-state index is 0.0928. The van der Waals surface area contributed by atoms with Crippen LogP contribution in [0.4, 0.5) is 11.4 Å². The average molecular weight is 337 g/mol. The second kappa shape index (κ2) is 6.57. The maximum atomic E-state index is 12.2. The first kappa shape index (κ1) is 15.7. The van der Waals surface area contributed by atoms with Gasteiger partial charge in [-0.2, -0.15) is 0 Å². The van der Waals surface area contributed by atoms with Crippen molar-refractivity contribution in [1.29, 1.82) is 0 Å². The molecule has 25 heavy (non-hydrogen) atoms. The van der Waals surface area contributed by atoms with Crippen LogP contribution in [0.2, 0.25) is 0 Å². The number of oxazole rings is 1. The third-order valence-electron chi connectivity index (χ3n) is 4.28. The van der Waals surface area contributed by atoms with E-state index in [1.165, 1.54) is 0 Å². The second-order valence-corrected chi connectivity index (χ2v) is 6.17. The van der Waals surface area contributed by atoms with Crippen molar-refractivity contribution in [1.82, 2.24) is 4.98 Å². The van der Waals surface area contributed by atoms with E-state index in [4.69, 9.17) is 14.9 Å². The number of fused-ring (bicyclic) bond motifs is 1. The number of hydrogen-bond donors (Lipinski definition) is 2. The van der Waals surface area contributed by atoms with Crippen molar-refractivity contribution in [3.63, 3.8) is 0 Å². The number of ether oxygens (including phenoxy) is 1. The highest BCUT2D eigenvalue weighted by molar-refractivity contribution is 5.94. The summed E-state index contributed by atoms with van der Waals surface area (Å²) in [7, 11) is 0. The van der Waals surface area contributed by atoms with E-state index in [2.05, 4.69) is 10.3 Å². The summed E-state index contributed by atoms with van der Waals surface area (Å²) in [5.74, 6) is 0.430. The van der Waals surface area contributed by atoms with Crippen LogP contribution in [-0.2, 0) is 9.53 Å². The third kappa shape index (κ3) is 3.34. The Morgan fingerprint density at radius 2 is 2.00 bits per heavy atom. The Morgan fingerprint density at radius 3 is 2.76 bits per heavy atom.